The number of rotatable bonds is 6. The second-order valence-corrected chi connectivity index (χ2v) is 10.4. The molecule has 166 valence electrons. The summed E-state index contributed by atoms with van der Waals surface area (Å²) in [5.41, 5.74) is 3.81. The van der Waals surface area contributed by atoms with Crippen LogP contribution in [0.1, 0.15) is 29.3 Å². The fourth-order valence-corrected chi connectivity index (χ4v) is 5.95. The first-order chi connectivity index (χ1) is 15.4. The molecule has 1 aliphatic rings. The minimum Gasteiger partial charge on any atom is -0.378 e. The number of nitriles is 1. The van der Waals surface area contributed by atoms with E-state index in [4.69, 9.17) is 0 Å². The van der Waals surface area contributed by atoms with Gasteiger partial charge >= 0.3 is 0 Å². The number of nitrogens with one attached hydrogen (secondary N) is 1. The van der Waals surface area contributed by atoms with Crippen LogP contribution >= 0.6 is 23.1 Å². The summed E-state index contributed by atoms with van der Waals surface area (Å²) in [6.45, 7) is 2.23. The highest BCUT2D eigenvalue weighted by Gasteiger charge is 2.25. The molecule has 4 rings (SSSR count). The second kappa shape index (κ2) is 9.35. The molecule has 0 fully saturated rings. The number of carbonyl (C=O) groups is 1. The van der Waals surface area contributed by atoms with E-state index in [0.29, 0.717) is 21.6 Å². The van der Waals surface area contributed by atoms with Crippen LogP contribution in [-0.4, -0.2) is 40.5 Å². The smallest absolute Gasteiger partial charge is 0.235 e. The number of thiophene rings is 1. The summed E-state index contributed by atoms with van der Waals surface area (Å²) in [6.07, 6.45) is 2.99. The first kappa shape index (κ1) is 22.4. The Morgan fingerprint density at radius 3 is 2.97 bits per heavy atom. The van der Waals surface area contributed by atoms with Crippen molar-refractivity contribution in [2.24, 2.45) is 13.0 Å². The molecule has 0 bridgehead atoms. The number of hydrogen-bond acceptors (Lipinski definition) is 7. The van der Waals surface area contributed by atoms with Gasteiger partial charge in [0.25, 0.3) is 0 Å². The predicted molar refractivity (Wildman–Crippen MR) is 130 cm³/mol. The molecule has 32 heavy (non-hydrogen) atoms. The van der Waals surface area contributed by atoms with Gasteiger partial charge in [-0.2, -0.15) is 5.26 Å². The van der Waals surface area contributed by atoms with Crippen LogP contribution in [0.15, 0.2) is 29.4 Å². The summed E-state index contributed by atoms with van der Waals surface area (Å²) in [6, 6.07) is 10.4. The van der Waals surface area contributed by atoms with Crippen molar-refractivity contribution >= 4 is 39.7 Å². The Balaban J connectivity index is 1.44. The second-order valence-electron chi connectivity index (χ2n) is 8.31. The number of hydrogen-bond donors (Lipinski definition) is 1. The van der Waals surface area contributed by atoms with E-state index < -0.39 is 0 Å². The Labute approximate surface area is 196 Å². The third kappa shape index (κ3) is 4.52. The average Bonchev–Trinajstić information content (AvgIpc) is 3.31. The van der Waals surface area contributed by atoms with Crippen molar-refractivity contribution in [1.29, 1.82) is 5.26 Å². The van der Waals surface area contributed by atoms with E-state index in [-0.39, 0.29) is 11.7 Å². The Morgan fingerprint density at radius 1 is 1.41 bits per heavy atom. The van der Waals surface area contributed by atoms with Crippen LogP contribution < -0.4 is 10.2 Å². The third-order valence-electron chi connectivity index (χ3n) is 5.66. The lowest BCUT2D eigenvalue weighted by atomic mass is 9.89. The normalized spacial score (nSPS) is 15.2. The minimum absolute atomic E-state index is 0.141. The van der Waals surface area contributed by atoms with Crippen molar-refractivity contribution in [1.82, 2.24) is 14.8 Å². The van der Waals surface area contributed by atoms with Gasteiger partial charge < -0.3 is 14.8 Å². The van der Waals surface area contributed by atoms with Crippen molar-refractivity contribution in [2.45, 2.75) is 31.3 Å². The number of thioether (sulfide) groups is 1. The van der Waals surface area contributed by atoms with Crippen LogP contribution in [-0.2, 0) is 24.7 Å². The zero-order chi connectivity index (χ0) is 22.8. The first-order valence-corrected chi connectivity index (χ1v) is 12.3. The molecule has 0 saturated heterocycles. The van der Waals surface area contributed by atoms with Crippen LogP contribution in [0.4, 0.5) is 10.7 Å². The van der Waals surface area contributed by atoms with Gasteiger partial charge in [0.1, 0.15) is 11.1 Å². The molecular weight excluding hydrogens is 440 g/mol. The molecular formula is C23H26N6OS2. The average molecular weight is 467 g/mol. The van der Waals surface area contributed by atoms with E-state index in [9.17, 15) is 10.1 Å². The Morgan fingerprint density at radius 2 is 2.22 bits per heavy atom. The molecule has 1 unspecified atom stereocenters. The van der Waals surface area contributed by atoms with Crippen molar-refractivity contribution in [3.63, 3.8) is 0 Å². The quantitative estimate of drug-likeness (QED) is 0.544. The fraction of sp³-hybridized carbons (Fsp3) is 0.391. The van der Waals surface area contributed by atoms with E-state index in [0.717, 1.165) is 41.9 Å². The van der Waals surface area contributed by atoms with Crippen molar-refractivity contribution < 1.29 is 4.79 Å². The molecule has 0 spiro atoms. The first-order valence-electron chi connectivity index (χ1n) is 10.5. The van der Waals surface area contributed by atoms with Crippen molar-refractivity contribution in [3.05, 3.63) is 40.3 Å². The van der Waals surface area contributed by atoms with Gasteiger partial charge in [-0.15, -0.1) is 21.5 Å². The molecule has 0 aliphatic heterocycles. The largest absolute Gasteiger partial charge is 0.378 e. The third-order valence-corrected chi connectivity index (χ3v) is 7.85. The summed E-state index contributed by atoms with van der Waals surface area (Å²) in [4.78, 5) is 15.9. The maximum Gasteiger partial charge on any atom is 0.235 e. The van der Waals surface area contributed by atoms with Crippen LogP contribution in [0.3, 0.4) is 0 Å². The number of carbonyl (C=O) groups excluding carboxylic acids is 1. The van der Waals surface area contributed by atoms with Crippen LogP contribution in [0.25, 0.3) is 11.4 Å². The van der Waals surface area contributed by atoms with Gasteiger partial charge in [0, 0.05) is 37.3 Å². The lowest BCUT2D eigenvalue weighted by Crippen LogP contribution is -2.14. The molecule has 9 heteroatoms. The molecule has 1 aliphatic carbocycles. The number of anilines is 2. The fourth-order valence-electron chi connectivity index (χ4n) is 3.87. The summed E-state index contributed by atoms with van der Waals surface area (Å²) >= 11 is 2.89. The zero-order valence-electron chi connectivity index (χ0n) is 18.7. The van der Waals surface area contributed by atoms with Crippen LogP contribution in [0, 0.1) is 17.2 Å². The summed E-state index contributed by atoms with van der Waals surface area (Å²) < 4.78 is 1.90. The topological polar surface area (TPSA) is 86.8 Å². The van der Waals surface area contributed by atoms with E-state index >= 15 is 0 Å². The van der Waals surface area contributed by atoms with Gasteiger partial charge in [-0.3, -0.25) is 4.79 Å². The summed E-state index contributed by atoms with van der Waals surface area (Å²) in [5, 5.41) is 22.5. The van der Waals surface area contributed by atoms with Gasteiger partial charge in [0.05, 0.1) is 11.3 Å². The Bertz CT molecular complexity index is 1190. The van der Waals surface area contributed by atoms with E-state index in [1.165, 1.54) is 16.6 Å². The van der Waals surface area contributed by atoms with Crippen molar-refractivity contribution in [3.8, 4) is 17.5 Å². The number of nitrogens with zero attached hydrogens (tertiary/aromatic N) is 5. The maximum absolute atomic E-state index is 12.6. The van der Waals surface area contributed by atoms with Gasteiger partial charge in [-0.05, 0) is 42.9 Å². The standard InChI is InChI=1S/C23H26N6OS2/c1-14-8-9-17-18(12-24)22(32-19(17)10-14)25-20(30)13-31-23-27-26-21(29(23)4)15-6-5-7-16(11-15)28(2)3/h5-7,11,14H,8-10,13H2,1-4H3,(H,25,30). The molecule has 0 radical (unpaired) electrons. The highest BCUT2D eigenvalue weighted by atomic mass is 32.2. The highest BCUT2D eigenvalue weighted by molar-refractivity contribution is 7.99. The van der Waals surface area contributed by atoms with E-state index in [2.05, 4.69) is 34.6 Å². The lowest BCUT2D eigenvalue weighted by molar-refractivity contribution is -0.113. The van der Waals surface area contributed by atoms with Crippen molar-refractivity contribution in [2.75, 3.05) is 30.1 Å². The van der Waals surface area contributed by atoms with Gasteiger partial charge in [-0.1, -0.05) is 30.8 Å². The molecule has 1 atom stereocenters. The summed E-state index contributed by atoms with van der Waals surface area (Å²) in [5.74, 6) is 1.43. The van der Waals surface area contributed by atoms with Gasteiger partial charge in [0.15, 0.2) is 11.0 Å². The Kier molecular flexibility index (Phi) is 6.53. The molecule has 1 aromatic carbocycles. The number of fused-ring (bicyclic) bond motifs is 1. The molecule has 0 saturated carbocycles. The zero-order valence-corrected chi connectivity index (χ0v) is 20.3. The predicted octanol–water partition coefficient (Wildman–Crippen LogP) is 4.34. The number of aromatic nitrogens is 3. The molecule has 2 heterocycles. The number of amides is 1. The lowest BCUT2D eigenvalue weighted by Gasteiger charge is -2.17. The highest BCUT2D eigenvalue weighted by Crippen LogP contribution is 2.39. The molecule has 2 aromatic heterocycles. The van der Waals surface area contributed by atoms with Gasteiger partial charge in [0.2, 0.25) is 5.91 Å². The van der Waals surface area contributed by atoms with Gasteiger partial charge in [-0.25, -0.2) is 0 Å². The SMILES string of the molecule is CC1CCc2c(sc(NC(=O)CSc3nnc(-c4cccc(N(C)C)c4)n3C)c2C#N)C1. The van der Waals surface area contributed by atoms with E-state index in [1.807, 2.05) is 48.8 Å². The maximum atomic E-state index is 12.6. The molecule has 1 N–H and O–H groups in total. The monoisotopic (exact) mass is 466 g/mol. The van der Waals surface area contributed by atoms with Crippen LogP contribution in [0.5, 0.6) is 0 Å². The molecule has 7 nitrogen and oxygen atoms in total. The Hall–Kier alpha value is -2.83. The summed E-state index contributed by atoms with van der Waals surface area (Å²) in [7, 11) is 5.90. The van der Waals surface area contributed by atoms with E-state index in [1.54, 1.807) is 11.3 Å². The van der Waals surface area contributed by atoms with Crippen LogP contribution in [0.2, 0.25) is 0 Å². The minimum atomic E-state index is -0.141. The molecule has 3 aromatic rings. The molecule has 1 amide bonds. The number of benzene rings is 1.